The van der Waals surface area contributed by atoms with E-state index in [2.05, 4.69) is 75.6 Å². The number of para-hydroxylation sites is 1. The van der Waals surface area contributed by atoms with Gasteiger partial charge in [-0.1, -0.05) is 45.0 Å². The number of benzene rings is 2. The first-order chi connectivity index (χ1) is 10.8. The Bertz CT molecular complexity index is 923. The van der Waals surface area contributed by atoms with Gasteiger partial charge in [0.25, 0.3) is 0 Å². The smallest absolute Gasteiger partial charge is 0.162 e. The van der Waals surface area contributed by atoms with E-state index in [1.165, 1.54) is 32.5 Å². The predicted molar refractivity (Wildman–Crippen MR) is 104 cm³/mol. The Hall–Kier alpha value is -1.45. The van der Waals surface area contributed by atoms with Crippen molar-refractivity contribution in [1.82, 2.24) is 4.57 Å². The minimum absolute atomic E-state index is 0.157. The van der Waals surface area contributed by atoms with Crippen molar-refractivity contribution < 1.29 is 0 Å². The van der Waals surface area contributed by atoms with E-state index in [1.54, 1.807) is 11.3 Å². The lowest BCUT2D eigenvalue weighted by Crippen LogP contribution is -2.15. The van der Waals surface area contributed by atoms with Crippen LogP contribution in [0.2, 0.25) is 0 Å². The standard InChI is InChI=1S/C20H23NS2/c1-13-10-14(2)16(20(3,4)5)11-15(13)12-21-17-8-6-7-9-18(17)23-19(21)22/h6-11H,12H2,1-5H3. The molecule has 0 aliphatic heterocycles. The fourth-order valence-electron chi connectivity index (χ4n) is 3.21. The molecule has 0 spiro atoms. The zero-order valence-corrected chi connectivity index (χ0v) is 16.1. The number of hydrogen-bond donors (Lipinski definition) is 0. The number of thiazole rings is 1. The van der Waals surface area contributed by atoms with Gasteiger partial charge in [-0.05, 0) is 65.9 Å². The van der Waals surface area contributed by atoms with Gasteiger partial charge in [0.15, 0.2) is 3.95 Å². The SMILES string of the molecule is Cc1cc(C)c(C(C)(C)C)cc1Cn1c(=S)sc2ccccc21. The van der Waals surface area contributed by atoms with Crippen LogP contribution < -0.4 is 0 Å². The Balaban J connectivity index is 2.12. The zero-order valence-electron chi connectivity index (χ0n) is 14.4. The summed E-state index contributed by atoms with van der Waals surface area (Å²) in [5.74, 6) is 0. The van der Waals surface area contributed by atoms with Gasteiger partial charge >= 0.3 is 0 Å². The quantitative estimate of drug-likeness (QED) is 0.489. The summed E-state index contributed by atoms with van der Waals surface area (Å²) < 4.78 is 4.47. The second kappa shape index (κ2) is 5.88. The van der Waals surface area contributed by atoms with Gasteiger partial charge < -0.3 is 4.57 Å². The second-order valence-corrected chi connectivity index (χ2v) is 8.94. The molecule has 2 aromatic carbocycles. The Morgan fingerprint density at radius 3 is 2.43 bits per heavy atom. The van der Waals surface area contributed by atoms with Crippen molar-refractivity contribution in [3.05, 3.63) is 62.6 Å². The van der Waals surface area contributed by atoms with Crippen molar-refractivity contribution in [3.8, 4) is 0 Å². The van der Waals surface area contributed by atoms with Crippen LogP contribution in [0.15, 0.2) is 36.4 Å². The molecule has 0 saturated carbocycles. The number of nitrogens with zero attached hydrogens (tertiary/aromatic N) is 1. The summed E-state index contributed by atoms with van der Waals surface area (Å²) in [4.78, 5) is 0. The molecule has 1 heterocycles. The second-order valence-electron chi connectivity index (χ2n) is 7.27. The molecule has 0 fully saturated rings. The number of rotatable bonds is 2. The molecule has 3 heteroatoms. The van der Waals surface area contributed by atoms with Gasteiger partial charge in [-0.15, -0.1) is 11.3 Å². The molecule has 1 nitrogen and oxygen atoms in total. The molecule has 0 N–H and O–H groups in total. The fraction of sp³-hybridized carbons (Fsp3) is 0.350. The molecule has 1 aromatic heterocycles. The van der Waals surface area contributed by atoms with Crippen molar-refractivity contribution in [2.45, 2.75) is 46.6 Å². The van der Waals surface area contributed by atoms with E-state index in [0.29, 0.717) is 0 Å². The maximum absolute atomic E-state index is 5.61. The summed E-state index contributed by atoms with van der Waals surface area (Å²) in [6, 6.07) is 13.2. The molecule has 0 saturated heterocycles. The molecule has 0 aliphatic carbocycles. The van der Waals surface area contributed by atoms with Gasteiger partial charge in [-0.2, -0.15) is 0 Å². The van der Waals surface area contributed by atoms with Crippen LogP contribution >= 0.6 is 23.6 Å². The highest BCUT2D eigenvalue weighted by atomic mass is 32.1. The highest BCUT2D eigenvalue weighted by molar-refractivity contribution is 7.73. The number of hydrogen-bond acceptors (Lipinski definition) is 2. The normalized spacial score (nSPS) is 12.0. The zero-order chi connectivity index (χ0) is 16.8. The van der Waals surface area contributed by atoms with Gasteiger partial charge in [-0.25, -0.2) is 0 Å². The lowest BCUT2D eigenvalue weighted by molar-refractivity contribution is 0.584. The van der Waals surface area contributed by atoms with Crippen LogP contribution in [0.1, 0.15) is 43.0 Å². The van der Waals surface area contributed by atoms with Gasteiger partial charge in [-0.3, -0.25) is 0 Å². The lowest BCUT2D eigenvalue weighted by atomic mass is 9.82. The van der Waals surface area contributed by atoms with Gasteiger partial charge in [0.1, 0.15) is 0 Å². The first-order valence-electron chi connectivity index (χ1n) is 7.96. The molecule has 0 amide bonds. The molecule has 3 aromatic rings. The average Bonchev–Trinajstić information content (AvgIpc) is 2.76. The summed E-state index contributed by atoms with van der Waals surface area (Å²) >= 11 is 7.30. The molecular weight excluding hydrogens is 318 g/mol. The molecule has 120 valence electrons. The Labute approximate surface area is 147 Å². The van der Waals surface area contributed by atoms with Crippen molar-refractivity contribution in [2.24, 2.45) is 0 Å². The summed E-state index contributed by atoms with van der Waals surface area (Å²) in [7, 11) is 0. The largest absolute Gasteiger partial charge is 0.318 e. The topological polar surface area (TPSA) is 4.93 Å². The van der Waals surface area contributed by atoms with Crippen molar-refractivity contribution in [2.75, 3.05) is 0 Å². The van der Waals surface area contributed by atoms with E-state index in [0.717, 1.165) is 10.5 Å². The highest BCUT2D eigenvalue weighted by Crippen LogP contribution is 2.30. The summed E-state index contributed by atoms with van der Waals surface area (Å²) in [6.45, 7) is 12.1. The molecule has 3 rings (SSSR count). The van der Waals surface area contributed by atoms with Crippen LogP contribution in [-0.4, -0.2) is 4.57 Å². The van der Waals surface area contributed by atoms with E-state index >= 15 is 0 Å². The summed E-state index contributed by atoms with van der Waals surface area (Å²) in [5, 5.41) is 0. The van der Waals surface area contributed by atoms with Gasteiger partial charge in [0.05, 0.1) is 16.8 Å². The third kappa shape index (κ3) is 3.13. The molecule has 0 radical (unpaired) electrons. The molecule has 0 atom stereocenters. The van der Waals surface area contributed by atoms with Crippen LogP contribution in [0.3, 0.4) is 0 Å². The van der Waals surface area contributed by atoms with E-state index in [9.17, 15) is 0 Å². The maximum Gasteiger partial charge on any atom is 0.162 e. The minimum Gasteiger partial charge on any atom is -0.318 e. The Morgan fingerprint density at radius 2 is 1.74 bits per heavy atom. The molecule has 0 unspecified atom stereocenters. The third-order valence-corrected chi connectivity index (χ3v) is 5.82. The van der Waals surface area contributed by atoms with E-state index in [4.69, 9.17) is 12.2 Å². The van der Waals surface area contributed by atoms with E-state index in [-0.39, 0.29) is 5.41 Å². The van der Waals surface area contributed by atoms with E-state index in [1.807, 2.05) is 0 Å². The van der Waals surface area contributed by atoms with Crippen molar-refractivity contribution in [3.63, 3.8) is 0 Å². The monoisotopic (exact) mass is 341 g/mol. The molecular formula is C20H23NS2. The Morgan fingerprint density at radius 1 is 1.04 bits per heavy atom. The van der Waals surface area contributed by atoms with Crippen LogP contribution in [0.25, 0.3) is 10.2 Å². The molecule has 23 heavy (non-hydrogen) atoms. The summed E-state index contributed by atoms with van der Waals surface area (Å²) in [5.41, 5.74) is 6.89. The van der Waals surface area contributed by atoms with Gasteiger partial charge in [0, 0.05) is 0 Å². The van der Waals surface area contributed by atoms with Crippen LogP contribution in [0.4, 0.5) is 0 Å². The van der Waals surface area contributed by atoms with Gasteiger partial charge in [0.2, 0.25) is 0 Å². The third-order valence-electron chi connectivity index (χ3n) is 4.39. The minimum atomic E-state index is 0.157. The maximum atomic E-state index is 5.61. The number of aromatic nitrogens is 1. The van der Waals surface area contributed by atoms with E-state index < -0.39 is 0 Å². The molecule has 0 aliphatic rings. The van der Waals surface area contributed by atoms with Crippen molar-refractivity contribution in [1.29, 1.82) is 0 Å². The summed E-state index contributed by atoms with van der Waals surface area (Å²) in [6.07, 6.45) is 0. The number of fused-ring (bicyclic) bond motifs is 1. The first-order valence-corrected chi connectivity index (χ1v) is 9.19. The average molecular weight is 342 g/mol. The van der Waals surface area contributed by atoms with Crippen LogP contribution in [0, 0.1) is 17.8 Å². The molecule has 0 bridgehead atoms. The first kappa shape index (κ1) is 16.4. The number of aryl methyl sites for hydroxylation is 2. The lowest BCUT2D eigenvalue weighted by Gasteiger charge is -2.24. The highest BCUT2D eigenvalue weighted by Gasteiger charge is 2.18. The fourth-order valence-corrected chi connectivity index (χ4v) is 4.53. The van der Waals surface area contributed by atoms with Crippen molar-refractivity contribution >= 4 is 33.8 Å². The van der Waals surface area contributed by atoms with Crippen LogP contribution in [-0.2, 0) is 12.0 Å². The predicted octanol–water partition coefficient (Wildman–Crippen LogP) is 6.39. The Kier molecular flexibility index (Phi) is 4.19. The van der Waals surface area contributed by atoms with Crippen LogP contribution in [0.5, 0.6) is 0 Å².